The van der Waals surface area contributed by atoms with Crippen molar-refractivity contribution in [3.8, 4) is 5.75 Å². The molecule has 7 heteroatoms. The third-order valence-electron chi connectivity index (χ3n) is 4.63. The van der Waals surface area contributed by atoms with Gasteiger partial charge >= 0.3 is 0 Å². The molecular formula is C21H20FNO5. The van der Waals surface area contributed by atoms with E-state index in [1.807, 2.05) is 0 Å². The summed E-state index contributed by atoms with van der Waals surface area (Å²) in [4.78, 5) is 26.6. The number of hydrogen-bond acceptors (Lipinski definition) is 5. The Labute approximate surface area is 161 Å². The van der Waals surface area contributed by atoms with Crippen molar-refractivity contribution in [2.45, 2.75) is 6.04 Å². The van der Waals surface area contributed by atoms with Gasteiger partial charge in [-0.1, -0.05) is 12.1 Å². The molecule has 2 aromatic carbocycles. The van der Waals surface area contributed by atoms with Crippen LogP contribution in [-0.2, 0) is 14.3 Å². The van der Waals surface area contributed by atoms with E-state index in [1.54, 1.807) is 24.3 Å². The van der Waals surface area contributed by atoms with Gasteiger partial charge in [0.05, 0.1) is 25.3 Å². The fraction of sp³-hybridized carbons (Fsp3) is 0.238. The molecule has 0 aromatic heterocycles. The zero-order chi connectivity index (χ0) is 20.3. The Morgan fingerprint density at radius 1 is 1.07 bits per heavy atom. The minimum absolute atomic E-state index is 0.0436. The number of likely N-dealkylation sites (tertiary alicyclic amines) is 1. The maximum absolute atomic E-state index is 13.4. The van der Waals surface area contributed by atoms with E-state index in [-0.39, 0.29) is 24.5 Å². The lowest BCUT2D eigenvalue weighted by molar-refractivity contribution is -0.140. The molecule has 0 spiro atoms. The fourth-order valence-electron chi connectivity index (χ4n) is 3.20. The first-order valence-electron chi connectivity index (χ1n) is 8.65. The third-order valence-corrected chi connectivity index (χ3v) is 4.63. The van der Waals surface area contributed by atoms with Gasteiger partial charge in [-0.2, -0.15) is 0 Å². The summed E-state index contributed by atoms with van der Waals surface area (Å²) in [5, 5.41) is 10.8. The number of nitrogens with zero attached hydrogens (tertiary/aromatic N) is 1. The maximum atomic E-state index is 13.4. The largest absolute Gasteiger partial charge is 0.507 e. The quantitative estimate of drug-likeness (QED) is 0.470. The summed E-state index contributed by atoms with van der Waals surface area (Å²) in [6, 6.07) is 11.1. The number of aliphatic hydroxyl groups excluding tert-OH is 1. The normalized spacial score (nSPS) is 18.5. The minimum atomic E-state index is -0.835. The molecule has 146 valence electrons. The van der Waals surface area contributed by atoms with E-state index < -0.39 is 23.5 Å². The van der Waals surface area contributed by atoms with Crippen LogP contribution in [-0.4, -0.2) is 49.1 Å². The summed E-state index contributed by atoms with van der Waals surface area (Å²) in [7, 11) is 3.01. The van der Waals surface area contributed by atoms with E-state index in [2.05, 4.69) is 0 Å². The van der Waals surface area contributed by atoms with E-state index in [1.165, 1.54) is 43.4 Å². The zero-order valence-electron chi connectivity index (χ0n) is 15.5. The van der Waals surface area contributed by atoms with Gasteiger partial charge < -0.3 is 19.5 Å². The molecule has 1 heterocycles. The average molecular weight is 385 g/mol. The van der Waals surface area contributed by atoms with E-state index in [0.29, 0.717) is 16.9 Å². The number of halogens is 1. The Morgan fingerprint density at radius 2 is 1.71 bits per heavy atom. The first-order chi connectivity index (χ1) is 13.5. The maximum Gasteiger partial charge on any atom is 0.295 e. The highest BCUT2D eigenvalue weighted by atomic mass is 19.1. The van der Waals surface area contributed by atoms with Gasteiger partial charge in [-0.25, -0.2) is 4.39 Å². The monoisotopic (exact) mass is 385 g/mol. The molecule has 2 aromatic rings. The zero-order valence-corrected chi connectivity index (χ0v) is 15.5. The standard InChI is InChI=1S/C21H20FNO5/c1-27-12-11-23-18(13-3-7-15(22)8-4-13)17(20(25)21(23)26)19(24)14-5-9-16(28-2)10-6-14/h3-10,18,24H,11-12H2,1-2H3/b19-17+. The van der Waals surface area contributed by atoms with Crippen LogP contribution in [0.1, 0.15) is 17.2 Å². The Morgan fingerprint density at radius 3 is 2.29 bits per heavy atom. The van der Waals surface area contributed by atoms with Crippen LogP contribution in [0.2, 0.25) is 0 Å². The van der Waals surface area contributed by atoms with Gasteiger partial charge in [-0.05, 0) is 42.0 Å². The van der Waals surface area contributed by atoms with Crippen LogP contribution in [0, 0.1) is 5.82 Å². The van der Waals surface area contributed by atoms with Gasteiger partial charge in [0.15, 0.2) is 0 Å². The second kappa shape index (κ2) is 8.22. The van der Waals surface area contributed by atoms with Crippen LogP contribution in [0.5, 0.6) is 5.75 Å². The molecule has 0 radical (unpaired) electrons. The van der Waals surface area contributed by atoms with E-state index in [0.717, 1.165) is 0 Å². The summed E-state index contributed by atoms with van der Waals surface area (Å²) in [6.45, 7) is 0.371. The molecule has 6 nitrogen and oxygen atoms in total. The van der Waals surface area contributed by atoms with Gasteiger partial charge in [0.25, 0.3) is 11.7 Å². The smallest absolute Gasteiger partial charge is 0.295 e. The van der Waals surface area contributed by atoms with Crippen molar-refractivity contribution in [3.63, 3.8) is 0 Å². The lowest BCUT2D eigenvalue weighted by Crippen LogP contribution is -2.32. The SMILES string of the molecule is COCCN1C(=O)C(=O)/C(=C(/O)c2ccc(OC)cc2)C1c1ccc(F)cc1. The number of ether oxygens (including phenoxy) is 2. The van der Waals surface area contributed by atoms with Crippen LogP contribution in [0.15, 0.2) is 54.1 Å². The number of amides is 1. The third kappa shape index (κ3) is 3.61. The van der Waals surface area contributed by atoms with Crippen molar-refractivity contribution in [2.24, 2.45) is 0 Å². The molecule has 28 heavy (non-hydrogen) atoms. The van der Waals surface area contributed by atoms with E-state index in [4.69, 9.17) is 9.47 Å². The number of carbonyl (C=O) groups is 2. The minimum Gasteiger partial charge on any atom is -0.507 e. The Kier molecular flexibility index (Phi) is 5.75. The van der Waals surface area contributed by atoms with Gasteiger partial charge in [0.1, 0.15) is 17.3 Å². The number of carbonyl (C=O) groups excluding carboxylic acids is 2. The van der Waals surface area contributed by atoms with Crippen molar-refractivity contribution < 1.29 is 28.6 Å². The number of methoxy groups -OCH3 is 2. The predicted octanol–water partition coefficient (Wildman–Crippen LogP) is 2.90. The Hall–Kier alpha value is -3.19. The molecule has 1 amide bonds. The first kappa shape index (κ1) is 19.6. The number of hydrogen-bond donors (Lipinski definition) is 1. The number of ketones is 1. The summed E-state index contributed by atoms with van der Waals surface area (Å²) in [5.74, 6) is -1.67. The second-order valence-corrected chi connectivity index (χ2v) is 6.27. The summed E-state index contributed by atoms with van der Waals surface area (Å²) in [6.07, 6.45) is 0. The van der Waals surface area contributed by atoms with E-state index >= 15 is 0 Å². The Balaban J connectivity index is 2.12. The van der Waals surface area contributed by atoms with Crippen LogP contribution < -0.4 is 4.74 Å². The summed E-state index contributed by atoms with van der Waals surface area (Å²) < 4.78 is 23.5. The molecule has 1 atom stereocenters. The highest BCUT2D eigenvalue weighted by Gasteiger charge is 2.45. The average Bonchev–Trinajstić information content (AvgIpc) is 2.97. The molecule has 0 saturated carbocycles. The van der Waals surface area contributed by atoms with Gasteiger partial charge in [0, 0.05) is 19.2 Å². The van der Waals surface area contributed by atoms with E-state index in [9.17, 15) is 19.1 Å². The number of rotatable bonds is 6. The molecule has 0 aliphatic carbocycles. The molecule has 1 N–H and O–H groups in total. The molecule has 1 aliphatic heterocycles. The molecule has 1 fully saturated rings. The number of aliphatic hydroxyl groups is 1. The van der Waals surface area contributed by atoms with Crippen molar-refractivity contribution in [3.05, 3.63) is 71.0 Å². The van der Waals surface area contributed by atoms with Crippen molar-refractivity contribution in [2.75, 3.05) is 27.4 Å². The van der Waals surface area contributed by atoms with Crippen LogP contribution in [0.25, 0.3) is 5.76 Å². The highest BCUT2D eigenvalue weighted by Crippen LogP contribution is 2.39. The summed E-state index contributed by atoms with van der Waals surface area (Å²) in [5.41, 5.74) is 0.849. The fourth-order valence-corrected chi connectivity index (χ4v) is 3.20. The molecule has 1 unspecified atom stereocenters. The lowest BCUT2D eigenvalue weighted by Gasteiger charge is -2.25. The molecule has 1 aliphatic rings. The molecule has 1 saturated heterocycles. The van der Waals surface area contributed by atoms with Gasteiger partial charge in [-0.3, -0.25) is 9.59 Å². The number of benzene rings is 2. The van der Waals surface area contributed by atoms with Gasteiger partial charge in [-0.15, -0.1) is 0 Å². The predicted molar refractivity (Wildman–Crippen MR) is 100 cm³/mol. The summed E-state index contributed by atoms with van der Waals surface area (Å²) >= 11 is 0. The van der Waals surface area contributed by atoms with Gasteiger partial charge in [0.2, 0.25) is 0 Å². The van der Waals surface area contributed by atoms with Crippen LogP contribution in [0.4, 0.5) is 4.39 Å². The second-order valence-electron chi connectivity index (χ2n) is 6.27. The van der Waals surface area contributed by atoms with Crippen LogP contribution in [0.3, 0.4) is 0 Å². The molecule has 0 bridgehead atoms. The highest BCUT2D eigenvalue weighted by molar-refractivity contribution is 6.46. The van der Waals surface area contributed by atoms with Crippen molar-refractivity contribution >= 4 is 17.4 Å². The first-order valence-corrected chi connectivity index (χ1v) is 8.65. The van der Waals surface area contributed by atoms with Crippen molar-refractivity contribution in [1.82, 2.24) is 4.90 Å². The molecular weight excluding hydrogens is 365 g/mol. The van der Waals surface area contributed by atoms with Crippen molar-refractivity contribution in [1.29, 1.82) is 0 Å². The topological polar surface area (TPSA) is 76.1 Å². The van der Waals surface area contributed by atoms with Crippen LogP contribution >= 0.6 is 0 Å². The number of Topliss-reactive ketones (excluding diaryl/α,β-unsaturated/α-hetero) is 1. The molecule has 3 rings (SSSR count). The Bertz CT molecular complexity index is 905. The lowest BCUT2D eigenvalue weighted by atomic mass is 9.95.